The maximum absolute atomic E-state index is 11.5. The quantitative estimate of drug-likeness (QED) is 0.440. The number of nitrogens with zero attached hydrogens (tertiary/aromatic N) is 3. The van der Waals surface area contributed by atoms with E-state index in [1.165, 1.54) is 0 Å². The third-order valence-corrected chi connectivity index (χ3v) is 2.54. The van der Waals surface area contributed by atoms with Gasteiger partial charge < -0.3 is 25.8 Å². The molecule has 0 spiro atoms. The lowest BCUT2D eigenvalue weighted by Gasteiger charge is -2.16. The van der Waals surface area contributed by atoms with Crippen molar-refractivity contribution in [2.45, 2.75) is 24.5 Å². The van der Waals surface area contributed by atoms with Crippen LogP contribution in [0.5, 0.6) is 0 Å². The number of aromatic nitrogens is 3. The summed E-state index contributed by atoms with van der Waals surface area (Å²) < 4.78 is 15.6. The van der Waals surface area contributed by atoms with Gasteiger partial charge in [0.15, 0.2) is 6.23 Å². The normalized spacial score (nSPS) is 28.3. The van der Waals surface area contributed by atoms with Crippen molar-refractivity contribution in [2.75, 3.05) is 24.9 Å². The van der Waals surface area contributed by atoms with Crippen molar-refractivity contribution in [3.8, 4) is 0 Å². The first-order chi connectivity index (χ1) is 9.77. The molecule has 21 heavy (non-hydrogen) atoms. The number of hydrogen-bond donors (Lipinski definition) is 4. The van der Waals surface area contributed by atoms with E-state index in [4.69, 9.17) is 15.6 Å². The van der Waals surface area contributed by atoms with Crippen LogP contribution >= 0.6 is 0 Å². The molecule has 5 N–H and O–H groups in total. The van der Waals surface area contributed by atoms with Gasteiger partial charge in [0.2, 0.25) is 5.95 Å². The Balaban J connectivity index is 0.000000491. The molecule has 1 fully saturated rings. The highest BCUT2D eigenvalue weighted by Crippen LogP contribution is 2.27. The third-order valence-electron chi connectivity index (χ3n) is 2.54. The fraction of sp³-hybridized carbons (Fsp3) is 0.700. The van der Waals surface area contributed by atoms with E-state index >= 15 is 0 Å². The molecule has 0 saturated carbocycles. The van der Waals surface area contributed by atoms with Gasteiger partial charge in [-0.15, -0.1) is 0 Å². The molecule has 1 aromatic rings. The highest BCUT2D eigenvalue weighted by Gasteiger charge is 2.43. The van der Waals surface area contributed by atoms with Crippen LogP contribution in [0, 0.1) is 0 Å². The van der Waals surface area contributed by atoms with E-state index in [-0.39, 0.29) is 5.95 Å². The third kappa shape index (κ3) is 4.54. The Morgan fingerprint density at radius 1 is 1.43 bits per heavy atom. The van der Waals surface area contributed by atoms with Crippen LogP contribution in [0.3, 0.4) is 0 Å². The standard InChI is InChI=1S/C8H12N4O5.C2H6OS/c9-7-10-2-12(8(16)11-7)6-5(15)4(14)3(1-13)17-6;1-4(2)3/h2-6,13-15H,1H2,(H2,9,11,16);1-2H3/t3-,4-,5-,6-;/m1./s1. The van der Waals surface area contributed by atoms with E-state index < -0.39 is 47.6 Å². The molecule has 120 valence electrons. The first-order valence-corrected chi connectivity index (χ1v) is 7.82. The summed E-state index contributed by atoms with van der Waals surface area (Å²) in [5.74, 6) is -0.196. The van der Waals surface area contributed by atoms with Crippen LogP contribution in [0.25, 0.3) is 0 Å². The molecule has 0 aromatic carbocycles. The summed E-state index contributed by atoms with van der Waals surface area (Å²) >= 11 is 0. The molecular weight excluding hydrogens is 304 g/mol. The van der Waals surface area contributed by atoms with Gasteiger partial charge in [0, 0.05) is 23.3 Å². The minimum absolute atomic E-state index is 0.196. The Hall–Kier alpha value is -1.40. The van der Waals surface area contributed by atoms with Crippen molar-refractivity contribution in [1.82, 2.24) is 14.5 Å². The average molecular weight is 322 g/mol. The van der Waals surface area contributed by atoms with Gasteiger partial charge in [-0.3, -0.25) is 8.78 Å². The van der Waals surface area contributed by atoms with Gasteiger partial charge in [0.1, 0.15) is 24.6 Å². The zero-order chi connectivity index (χ0) is 16.2. The summed E-state index contributed by atoms with van der Waals surface area (Å²) in [6.45, 7) is -0.473. The largest absolute Gasteiger partial charge is 0.394 e. The summed E-state index contributed by atoms with van der Waals surface area (Å²) in [5.41, 5.74) is 4.46. The van der Waals surface area contributed by atoms with Crippen LogP contribution in [-0.2, 0) is 15.5 Å². The Bertz CT molecular complexity index is 549. The van der Waals surface area contributed by atoms with Crippen molar-refractivity contribution < 1.29 is 24.3 Å². The van der Waals surface area contributed by atoms with Gasteiger partial charge >= 0.3 is 5.69 Å². The highest BCUT2D eigenvalue weighted by molar-refractivity contribution is 7.83. The highest BCUT2D eigenvalue weighted by atomic mass is 32.2. The summed E-state index contributed by atoms with van der Waals surface area (Å²) in [6.07, 6.45) is -0.397. The molecule has 4 atom stereocenters. The summed E-state index contributed by atoms with van der Waals surface area (Å²) in [7, 11) is -0.611. The van der Waals surface area contributed by atoms with Crippen LogP contribution < -0.4 is 11.4 Å². The first-order valence-electron chi connectivity index (χ1n) is 5.86. The number of hydrogen-bond acceptors (Lipinski definition) is 9. The SMILES string of the molecule is CS(C)=O.Nc1ncn([C@@H]2O[C@H](CO)[C@@H](O)[C@H]2O)c(=O)n1. The van der Waals surface area contributed by atoms with Crippen LogP contribution in [0.4, 0.5) is 5.95 Å². The maximum Gasteiger partial charge on any atom is 0.354 e. The molecule has 0 bridgehead atoms. The van der Waals surface area contributed by atoms with Crippen LogP contribution in [0.1, 0.15) is 6.23 Å². The molecule has 2 heterocycles. The molecule has 0 unspecified atom stereocenters. The molecular formula is C10H18N4O6S. The number of nitrogen functional groups attached to an aromatic ring is 1. The van der Waals surface area contributed by atoms with Crippen LogP contribution in [0.15, 0.2) is 11.1 Å². The number of nitrogens with two attached hydrogens (primary N) is 1. The molecule has 0 amide bonds. The second-order valence-corrected chi connectivity index (χ2v) is 5.86. The molecule has 0 radical (unpaired) electrons. The van der Waals surface area contributed by atoms with Crippen molar-refractivity contribution in [3.05, 3.63) is 16.8 Å². The molecule has 1 saturated heterocycles. The molecule has 10 nitrogen and oxygen atoms in total. The summed E-state index contributed by atoms with van der Waals surface area (Å²) in [6, 6.07) is 0. The monoisotopic (exact) mass is 322 g/mol. The Morgan fingerprint density at radius 2 is 2.00 bits per heavy atom. The van der Waals surface area contributed by atoms with Gasteiger partial charge in [-0.2, -0.15) is 4.98 Å². The van der Waals surface area contributed by atoms with E-state index in [0.717, 1.165) is 10.9 Å². The minimum Gasteiger partial charge on any atom is -0.394 e. The smallest absolute Gasteiger partial charge is 0.354 e. The maximum atomic E-state index is 11.5. The fourth-order valence-corrected chi connectivity index (χ4v) is 1.64. The predicted molar refractivity (Wildman–Crippen MR) is 73.7 cm³/mol. The Labute approximate surface area is 122 Å². The molecule has 11 heteroatoms. The molecule has 0 aliphatic carbocycles. The predicted octanol–water partition coefficient (Wildman–Crippen LogP) is -3.17. The van der Waals surface area contributed by atoms with E-state index in [9.17, 15) is 19.2 Å². The van der Waals surface area contributed by atoms with Crippen molar-refractivity contribution in [2.24, 2.45) is 0 Å². The zero-order valence-electron chi connectivity index (χ0n) is 11.5. The van der Waals surface area contributed by atoms with Gasteiger partial charge in [-0.05, 0) is 0 Å². The molecule has 1 aliphatic rings. The van der Waals surface area contributed by atoms with Crippen LogP contribution in [-0.4, -0.2) is 71.5 Å². The Morgan fingerprint density at radius 3 is 2.43 bits per heavy atom. The van der Waals surface area contributed by atoms with Crippen molar-refractivity contribution in [1.29, 1.82) is 0 Å². The van der Waals surface area contributed by atoms with Crippen molar-refractivity contribution >= 4 is 16.7 Å². The number of aliphatic hydroxyl groups is 3. The van der Waals surface area contributed by atoms with Gasteiger partial charge in [0.25, 0.3) is 0 Å². The number of aliphatic hydroxyl groups excluding tert-OH is 3. The summed E-state index contributed by atoms with van der Waals surface area (Å²) in [4.78, 5) is 18.4. The zero-order valence-corrected chi connectivity index (χ0v) is 12.3. The minimum atomic E-state index is -1.35. The fourth-order valence-electron chi connectivity index (χ4n) is 1.64. The van der Waals surface area contributed by atoms with Gasteiger partial charge in [-0.1, -0.05) is 0 Å². The van der Waals surface area contributed by atoms with E-state index in [2.05, 4.69) is 9.97 Å². The number of ether oxygens (including phenoxy) is 1. The van der Waals surface area contributed by atoms with Crippen molar-refractivity contribution in [3.63, 3.8) is 0 Å². The topological polar surface area (TPSA) is 161 Å². The second kappa shape index (κ2) is 7.56. The van der Waals surface area contributed by atoms with Gasteiger partial charge in [-0.25, -0.2) is 9.78 Å². The first kappa shape index (κ1) is 17.7. The Kier molecular flexibility index (Phi) is 6.36. The van der Waals surface area contributed by atoms with Crippen LogP contribution in [0.2, 0.25) is 0 Å². The lowest BCUT2D eigenvalue weighted by atomic mass is 10.1. The number of anilines is 1. The molecule has 1 aliphatic heterocycles. The number of rotatable bonds is 2. The van der Waals surface area contributed by atoms with Gasteiger partial charge in [0.05, 0.1) is 6.61 Å². The molecule has 2 rings (SSSR count). The van der Waals surface area contributed by atoms with E-state index in [1.807, 2.05) is 0 Å². The average Bonchev–Trinajstić information content (AvgIpc) is 2.66. The lowest BCUT2D eigenvalue weighted by molar-refractivity contribution is -0.0554. The van der Waals surface area contributed by atoms with E-state index in [0.29, 0.717) is 0 Å². The second-order valence-electron chi connectivity index (χ2n) is 4.37. The van der Waals surface area contributed by atoms with E-state index in [1.54, 1.807) is 12.5 Å². The molecule has 1 aromatic heterocycles. The summed E-state index contributed by atoms with van der Waals surface area (Å²) in [5, 5.41) is 28.1. The lowest BCUT2D eigenvalue weighted by Crippen LogP contribution is -2.36.